The number of benzene rings is 3. The van der Waals surface area contributed by atoms with Crippen LogP contribution in [0.3, 0.4) is 0 Å². The summed E-state index contributed by atoms with van der Waals surface area (Å²) in [5.41, 5.74) is 0.903. The van der Waals surface area contributed by atoms with Gasteiger partial charge in [-0.05, 0) is 37.0 Å². The molecule has 5 heteroatoms. The number of amides is 1. The van der Waals surface area contributed by atoms with Crippen molar-refractivity contribution in [2.45, 2.75) is 63.5 Å². The molecule has 0 aromatic heterocycles. The quantitative estimate of drug-likeness (QED) is 0.346. The summed E-state index contributed by atoms with van der Waals surface area (Å²) >= 11 is 0. The number of para-hydroxylation sites is 1. The maximum atomic E-state index is 13.8. The first-order chi connectivity index (χ1) is 17.6. The Hall–Kier alpha value is -3.60. The standard InChI is InChI=1S/C31H35NO4/c1-2-31(25-16-8-4-9-17-25,30(34)32-26-18-10-5-11-19-26)36-28-21-13-12-20-27(28)29(33)35-23-22-24-14-6-3-7-15-24/h3-4,6-9,12-17,20-21,26H,2,5,10-11,18-19,22-23H2,1H3,(H,32,34). The van der Waals surface area contributed by atoms with Gasteiger partial charge in [0.05, 0.1) is 6.61 Å². The van der Waals surface area contributed by atoms with Crippen LogP contribution in [-0.4, -0.2) is 24.5 Å². The van der Waals surface area contributed by atoms with E-state index in [1.54, 1.807) is 24.3 Å². The molecule has 0 spiro atoms. The number of carbonyl (C=O) groups is 2. The molecule has 0 heterocycles. The third-order valence-corrected chi connectivity index (χ3v) is 6.90. The highest BCUT2D eigenvalue weighted by molar-refractivity contribution is 5.93. The van der Waals surface area contributed by atoms with E-state index in [1.807, 2.05) is 67.6 Å². The molecule has 1 saturated carbocycles. The smallest absolute Gasteiger partial charge is 0.341 e. The van der Waals surface area contributed by atoms with Crippen LogP contribution in [0.2, 0.25) is 0 Å². The van der Waals surface area contributed by atoms with Gasteiger partial charge in [-0.15, -0.1) is 0 Å². The fraction of sp³-hybridized carbons (Fsp3) is 0.355. The number of rotatable bonds is 10. The van der Waals surface area contributed by atoms with Crippen LogP contribution < -0.4 is 10.1 Å². The molecule has 0 aliphatic heterocycles. The zero-order valence-corrected chi connectivity index (χ0v) is 21.0. The topological polar surface area (TPSA) is 64.6 Å². The van der Waals surface area contributed by atoms with E-state index in [0.29, 0.717) is 24.2 Å². The molecule has 1 atom stereocenters. The Bertz CT molecular complexity index is 1130. The van der Waals surface area contributed by atoms with Gasteiger partial charge in [-0.2, -0.15) is 0 Å². The molecule has 188 valence electrons. The van der Waals surface area contributed by atoms with E-state index in [4.69, 9.17) is 9.47 Å². The molecule has 1 aliphatic rings. The van der Waals surface area contributed by atoms with Crippen molar-refractivity contribution >= 4 is 11.9 Å². The van der Waals surface area contributed by atoms with Crippen molar-refractivity contribution in [1.29, 1.82) is 0 Å². The molecule has 0 bridgehead atoms. The molecule has 3 aromatic rings. The number of esters is 1. The highest BCUT2D eigenvalue weighted by Crippen LogP contribution is 2.35. The Morgan fingerprint density at radius 3 is 2.19 bits per heavy atom. The van der Waals surface area contributed by atoms with Gasteiger partial charge in [0.25, 0.3) is 5.91 Å². The van der Waals surface area contributed by atoms with E-state index in [2.05, 4.69) is 5.32 Å². The summed E-state index contributed by atoms with van der Waals surface area (Å²) in [6, 6.07) is 26.6. The van der Waals surface area contributed by atoms with Gasteiger partial charge in [0, 0.05) is 18.0 Å². The van der Waals surface area contributed by atoms with Crippen LogP contribution in [0.25, 0.3) is 0 Å². The summed E-state index contributed by atoms with van der Waals surface area (Å²) in [6.45, 7) is 2.20. The minimum atomic E-state index is -1.26. The van der Waals surface area contributed by atoms with Gasteiger partial charge >= 0.3 is 5.97 Å². The maximum Gasteiger partial charge on any atom is 0.341 e. The Morgan fingerprint density at radius 1 is 0.861 bits per heavy atom. The van der Waals surface area contributed by atoms with Crippen molar-refractivity contribution in [3.63, 3.8) is 0 Å². The van der Waals surface area contributed by atoms with Gasteiger partial charge in [0.15, 0.2) is 0 Å². The van der Waals surface area contributed by atoms with Crippen molar-refractivity contribution in [3.8, 4) is 5.75 Å². The van der Waals surface area contributed by atoms with Crippen LogP contribution in [0, 0.1) is 0 Å². The molecule has 1 amide bonds. The summed E-state index contributed by atoms with van der Waals surface area (Å²) in [5.74, 6) is -0.297. The first-order valence-electron chi connectivity index (χ1n) is 13.0. The first kappa shape index (κ1) is 25.5. The highest BCUT2D eigenvalue weighted by Gasteiger charge is 2.43. The summed E-state index contributed by atoms with van der Waals surface area (Å²) in [7, 11) is 0. The Morgan fingerprint density at radius 2 is 1.50 bits per heavy atom. The largest absolute Gasteiger partial charge is 0.472 e. The van der Waals surface area contributed by atoms with Gasteiger partial charge in [-0.1, -0.05) is 99.0 Å². The summed E-state index contributed by atoms with van der Waals surface area (Å²) in [5, 5.41) is 3.25. The van der Waals surface area contributed by atoms with Gasteiger partial charge in [0.1, 0.15) is 11.3 Å². The van der Waals surface area contributed by atoms with Gasteiger partial charge in [-0.25, -0.2) is 4.79 Å². The Balaban J connectivity index is 1.57. The second kappa shape index (κ2) is 12.4. The lowest BCUT2D eigenvalue weighted by atomic mass is 9.88. The van der Waals surface area contributed by atoms with E-state index < -0.39 is 11.6 Å². The predicted octanol–water partition coefficient (Wildman–Crippen LogP) is 6.22. The van der Waals surface area contributed by atoms with Gasteiger partial charge in [0.2, 0.25) is 5.60 Å². The number of hydrogen-bond acceptors (Lipinski definition) is 4. The molecule has 36 heavy (non-hydrogen) atoms. The lowest BCUT2D eigenvalue weighted by Crippen LogP contribution is -2.52. The van der Waals surface area contributed by atoms with Crippen molar-refractivity contribution in [1.82, 2.24) is 5.32 Å². The second-order valence-electron chi connectivity index (χ2n) is 9.32. The molecule has 1 fully saturated rings. The molecule has 1 N–H and O–H groups in total. The molecule has 1 aliphatic carbocycles. The summed E-state index contributed by atoms with van der Waals surface area (Å²) in [4.78, 5) is 26.9. The molecular formula is C31H35NO4. The average Bonchev–Trinajstić information content (AvgIpc) is 2.93. The van der Waals surface area contributed by atoms with Crippen molar-refractivity contribution < 1.29 is 19.1 Å². The highest BCUT2D eigenvalue weighted by atomic mass is 16.5. The molecular weight excluding hydrogens is 450 g/mol. The fourth-order valence-electron chi connectivity index (χ4n) is 4.83. The van der Waals surface area contributed by atoms with Gasteiger partial charge in [-0.3, -0.25) is 4.79 Å². The van der Waals surface area contributed by atoms with Crippen LogP contribution in [0.15, 0.2) is 84.9 Å². The SMILES string of the molecule is CCC(Oc1ccccc1C(=O)OCCc1ccccc1)(C(=O)NC1CCCCC1)c1ccccc1. The minimum Gasteiger partial charge on any atom is -0.472 e. The zero-order chi connectivity index (χ0) is 25.2. The van der Waals surface area contributed by atoms with Crippen molar-refractivity contribution in [2.24, 2.45) is 0 Å². The monoisotopic (exact) mass is 485 g/mol. The van der Waals surface area contributed by atoms with Crippen LogP contribution in [-0.2, 0) is 21.6 Å². The molecule has 4 rings (SSSR count). The van der Waals surface area contributed by atoms with E-state index in [0.717, 1.165) is 36.8 Å². The Kier molecular flexibility index (Phi) is 8.77. The molecule has 0 saturated heterocycles. The van der Waals surface area contributed by atoms with Crippen LogP contribution in [0.1, 0.15) is 66.9 Å². The molecule has 1 unspecified atom stereocenters. The number of ether oxygens (including phenoxy) is 2. The Labute approximate surface area is 213 Å². The van der Waals surface area contributed by atoms with Crippen molar-refractivity contribution in [2.75, 3.05) is 6.61 Å². The van der Waals surface area contributed by atoms with Gasteiger partial charge < -0.3 is 14.8 Å². The van der Waals surface area contributed by atoms with E-state index in [-0.39, 0.29) is 18.6 Å². The summed E-state index contributed by atoms with van der Waals surface area (Å²) < 4.78 is 12.1. The molecule has 3 aromatic carbocycles. The van der Waals surface area contributed by atoms with Crippen LogP contribution in [0.5, 0.6) is 5.75 Å². The maximum absolute atomic E-state index is 13.8. The van der Waals surface area contributed by atoms with E-state index >= 15 is 0 Å². The average molecular weight is 486 g/mol. The van der Waals surface area contributed by atoms with E-state index in [1.165, 1.54) is 6.42 Å². The van der Waals surface area contributed by atoms with Crippen LogP contribution >= 0.6 is 0 Å². The fourth-order valence-corrected chi connectivity index (χ4v) is 4.83. The molecule has 5 nitrogen and oxygen atoms in total. The third kappa shape index (κ3) is 6.14. The van der Waals surface area contributed by atoms with Crippen molar-refractivity contribution in [3.05, 3.63) is 102 Å². The normalized spacial score (nSPS) is 15.5. The summed E-state index contributed by atoms with van der Waals surface area (Å²) in [6.07, 6.45) is 6.44. The van der Waals surface area contributed by atoms with E-state index in [9.17, 15) is 9.59 Å². The lowest BCUT2D eigenvalue weighted by Gasteiger charge is -2.35. The second-order valence-corrected chi connectivity index (χ2v) is 9.32. The zero-order valence-electron chi connectivity index (χ0n) is 21.0. The van der Waals surface area contributed by atoms with Crippen LogP contribution in [0.4, 0.5) is 0 Å². The first-order valence-corrected chi connectivity index (χ1v) is 13.0. The lowest BCUT2D eigenvalue weighted by molar-refractivity contribution is -0.139. The predicted molar refractivity (Wildman–Crippen MR) is 141 cm³/mol. The third-order valence-electron chi connectivity index (χ3n) is 6.90. The number of hydrogen-bond donors (Lipinski definition) is 1. The minimum absolute atomic E-state index is 0.141. The number of nitrogens with one attached hydrogen (secondary N) is 1. The number of carbonyl (C=O) groups excluding carboxylic acids is 2. The molecule has 0 radical (unpaired) electrons.